The van der Waals surface area contributed by atoms with Crippen molar-refractivity contribution in [1.82, 2.24) is 10.3 Å². The SMILES string of the molecule is CC(C)CC(C)(Cc1ccccc1)NC(=O)c1nc2ccccc2cc1Cl. The van der Waals surface area contributed by atoms with Gasteiger partial charge in [-0.15, -0.1) is 0 Å². The fourth-order valence-corrected chi connectivity index (χ4v) is 3.94. The van der Waals surface area contributed by atoms with Gasteiger partial charge >= 0.3 is 0 Å². The largest absolute Gasteiger partial charge is 0.345 e. The van der Waals surface area contributed by atoms with Gasteiger partial charge in [0.15, 0.2) is 0 Å². The Kier molecular flexibility index (Phi) is 5.81. The van der Waals surface area contributed by atoms with Gasteiger partial charge in [-0.25, -0.2) is 4.98 Å². The first-order chi connectivity index (χ1) is 12.9. The summed E-state index contributed by atoms with van der Waals surface area (Å²) in [6, 6.07) is 19.7. The summed E-state index contributed by atoms with van der Waals surface area (Å²) in [4.78, 5) is 17.5. The third-order valence-corrected chi connectivity index (χ3v) is 4.89. The van der Waals surface area contributed by atoms with Gasteiger partial charge in [0.25, 0.3) is 5.91 Å². The molecule has 1 atom stereocenters. The topological polar surface area (TPSA) is 42.0 Å². The second-order valence-corrected chi connectivity index (χ2v) is 8.19. The van der Waals surface area contributed by atoms with Gasteiger partial charge < -0.3 is 5.32 Å². The highest BCUT2D eigenvalue weighted by Crippen LogP contribution is 2.25. The molecule has 1 heterocycles. The molecule has 0 bridgehead atoms. The standard InChI is InChI=1S/C23H25ClN2O/c1-16(2)14-23(3,15-17-9-5-4-6-10-17)26-22(27)21-19(24)13-18-11-7-8-12-20(18)25-21/h4-13,16H,14-15H2,1-3H3,(H,26,27). The predicted octanol–water partition coefficient (Wildman–Crippen LogP) is 5.67. The van der Waals surface area contributed by atoms with Crippen molar-refractivity contribution < 1.29 is 4.79 Å². The van der Waals surface area contributed by atoms with Crippen molar-refractivity contribution in [2.75, 3.05) is 0 Å². The molecular weight excluding hydrogens is 356 g/mol. The number of benzene rings is 2. The monoisotopic (exact) mass is 380 g/mol. The van der Waals surface area contributed by atoms with Gasteiger partial charge in [0.1, 0.15) is 5.69 Å². The number of aromatic nitrogens is 1. The maximum absolute atomic E-state index is 13.0. The average Bonchev–Trinajstić information content (AvgIpc) is 2.60. The Labute approximate surface area is 165 Å². The molecule has 0 aliphatic heterocycles. The number of carbonyl (C=O) groups is 1. The molecular formula is C23H25ClN2O. The lowest BCUT2D eigenvalue weighted by molar-refractivity contribution is 0.0889. The number of pyridine rings is 1. The molecule has 0 spiro atoms. The highest BCUT2D eigenvalue weighted by atomic mass is 35.5. The van der Waals surface area contributed by atoms with Crippen LogP contribution < -0.4 is 5.32 Å². The van der Waals surface area contributed by atoms with E-state index in [-0.39, 0.29) is 17.1 Å². The molecule has 140 valence electrons. The summed E-state index contributed by atoms with van der Waals surface area (Å²) < 4.78 is 0. The summed E-state index contributed by atoms with van der Waals surface area (Å²) >= 11 is 6.37. The van der Waals surface area contributed by atoms with E-state index in [2.05, 4.69) is 43.2 Å². The van der Waals surface area contributed by atoms with Crippen molar-refractivity contribution in [2.24, 2.45) is 5.92 Å². The van der Waals surface area contributed by atoms with E-state index in [1.807, 2.05) is 42.5 Å². The second-order valence-electron chi connectivity index (χ2n) is 7.79. The molecule has 1 amide bonds. The van der Waals surface area contributed by atoms with Gasteiger partial charge in [0.2, 0.25) is 0 Å². The first-order valence-electron chi connectivity index (χ1n) is 9.28. The maximum Gasteiger partial charge on any atom is 0.271 e. The van der Waals surface area contributed by atoms with Crippen molar-refractivity contribution >= 4 is 28.4 Å². The number of hydrogen-bond donors (Lipinski definition) is 1. The van der Waals surface area contributed by atoms with Crippen LogP contribution in [-0.4, -0.2) is 16.4 Å². The van der Waals surface area contributed by atoms with Gasteiger partial charge in [-0.2, -0.15) is 0 Å². The van der Waals surface area contributed by atoms with Crippen LogP contribution in [0.15, 0.2) is 60.7 Å². The number of hydrogen-bond acceptors (Lipinski definition) is 2. The fourth-order valence-electron chi connectivity index (χ4n) is 3.70. The molecule has 3 rings (SSSR count). The number of nitrogens with one attached hydrogen (secondary N) is 1. The van der Waals surface area contributed by atoms with Crippen LogP contribution in [0.4, 0.5) is 0 Å². The van der Waals surface area contributed by atoms with E-state index >= 15 is 0 Å². The summed E-state index contributed by atoms with van der Waals surface area (Å²) in [6.07, 6.45) is 1.61. The van der Waals surface area contributed by atoms with Crippen LogP contribution in [-0.2, 0) is 6.42 Å². The number of halogens is 1. The van der Waals surface area contributed by atoms with E-state index in [1.165, 1.54) is 5.56 Å². The van der Waals surface area contributed by atoms with Crippen molar-refractivity contribution in [1.29, 1.82) is 0 Å². The fraction of sp³-hybridized carbons (Fsp3) is 0.304. The third-order valence-electron chi connectivity index (χ3n) is 4.60. The Balaban J connectivity index is 1.89. The second kappa shape index (κ2) is 8.10. The third kappa shape index (κ3) is 4.86. The average molecular weight is 381 g/mol. The van der Waals surface area contributed by atoms with Crippen molar-refractivity contribution in [2.45, 2.75) is 39.2 Å². The lowest BCUT2D eigenvalue weighted by Gasteiger charge is -2.33. The molecule has 3 nitrogen and oxygen atoms in total. The highest BCUT2D eigenvalue weighted by molar-refractivity contribution is 6.34. The number of amides is 1. The summed E-state index contributed by atoms with van der Waals surface area (Å²) in [5.74, 6) is 0.212. The Morgan fingerprint density at radius 3 is 2.48 bits per heavy atom. The van der Waals surface area contributed by atoms with Crippen LogP contribution in [0.25, 0.3) is 10.9 Å². The molecule has 4 heteroatoms. The van der Waals surface area contributed by atoms with Gasteiger partial charge in [-0.3, -0.25) is 4.79 Å². The lowest BCUT2D eigenvalue weighted by Crippen LogP contribution is -2.49. The minimum absolute atomic E-state index is 0.232. The van der Waals surface area contributed by atoms with Crippen LogP contribution in [0.1, 0.15) is 43.2 Å². The Bertz CT molecular complexity index is 940. The number of carbonyl (C=O) groups excluding carboxylic acids is 1. The van der Waals surface area contributed by atoms with E-state index in [1.54, 1.807) is 6.07 Å². The molecule has 1 aromatic heterocycles. The Morgan fingerprint density at radius 2 is 1.78 bits per heavy atom. The van der Waals surface area contributed by atoms with E-state index in [4.69, 9.17) is 11.6 Å². The highest BCUT2D eigenvalue weighted by Gasteiger charge is 2.29. The molecule has 0 aliphatic carbocycles. The zero-order valence-corrected chi connectivity index (χ0v) is 16.8. The van der Waals surface area contributed by atoms with Gasteiger partial charge in [0, 0.05) is 10.9 Å². The summed E-state index contributed by atoms with van der Waals surface area (Å²) in [6.45, 7) is 6.42. The summed E-state index contributed by atoms with van der Waals surface area (Å²) in [7, 11) is 0. The van der Waals surface area contributed by atoms with Crippen molar-refractivity contribution in [3.63, 3.8) is 0 Å². The number of rotatable bonds is 6. The number of para-hydroxylation sites is 1. The molecule has 1 unspecified atom stereocenters. The Hall–Kier alpha value is -2.39. The van der Waals surface area contributed by atoms with E-state index in [0.717, 1.165) is 23.7 Å². The molecule has 3 aromatic rings. The van der Waals surface area contributed by atoms with E-state index in [9.17, 15) is 4.79 Å². The van der Waals surface area contributed by atoms with Crippen LogP contribution in [0.3, 0.4) is 0 Å². The zero-order chi connectivity index (χ0) is 19.4. The lowest BCUT2D eigenvalue weighted by atomic mass is 9.84. The zero-order valence-electron chi connectivity index (χ0n) is 16.0. The van der Waals surface area contributed by atoms with E-state index < -0.39 is 0 Å². The predicted molar refractivity (Wildman–Crippen MR) is 112 cm³/mol. The van der Waals surface area contributed by atoms with Crippen molar-refractivity contribution in [3.05, 3.63) is 76.9 Å². The smallest absolute Gasteiger partial charge is 0.271 e. The molecule has 1 N–H and O–H groups in total. The first-order valence-corrected chi connectivity index (χ1v) is 9.66. The number of fused-ring (bicyclic) bond motifs is 1. The first kappa shape index (κ1) is 19.4. The molecule has 0 saturated carbocycles. The molecule has 0 fully saturated rings. The van der Waals surface area contributed by atoms with Crippen LogP contribution >= 0.6 is 11.6 Å². The normalized spacial score (nSPS) is 13.5. The molecule has 0 aliphatic rings. The quantitative estimate of drug-likeness (QED) is 0.599. The van der Waals surface area contributed by atoms with Crippen molar-refractivity contribution in [3.8, 4) is 0 Å². The summed E-state index contributed by atoms with van der Waals surface area (Å²) in [5.41, 5.74) is 1.85. The molecule has 27 heavy (non-hydrogen) atoms. The number of nitrogens with zero attached hydrogens (tertiary/aromatic N) is 1. The van der Waals surface area contributed by atoms with Crippen LogP contribution in [0.2, 0.25) is 5.02 Å². The minimum Gasteiger partial charge on any atom is -0.345 e. The minimum atomic E-state index is -0.386. The van der Waals surface area contributed by atoms with Crippen LogP contribution in [0.5, 0.6) is 0 Å². The molecule has 2 aromatic carbocycles. The van der Waals surface area contributed by atoms with Crippen LogP contribution in [0, 0.1) is 5.92 Å². The maximum atomic E-state index is 13.0. The Morgan fingerprint density at radius 1 is 1.11 bits per heavy atom. The molecule has 0 saturated heterocycles. The van der Waals surface area contributed by atoms with E-state index in [0.29, 0.717) is 10.9 Å². The summed E-state index contributed by atoms with van der Waals surface area (Å²) in [5, 5.41) is 4.51. The van der Waals surface area contributed by atoms with Gasteiger partial charge in [0.05, 0.1) is 10.5 Å². The molecule has 0 radical (unpaired) electrons. The van der Waals surface area contributed by atoms with Gasteiger partial charge in [-0.1, -0.05) is 74.0 Å². The van der Waals surface area contributed by atoms with Gasteiger partial charge in [-0.05, 0) is 43.4 Å².